The minimum absolute atomic E-state index is 0.139. The van der Waals surface area contributed by atoms with E-state index in [9.17, 15) is 21.6 Å². The number of nitrogens with zero attached hydrogens (tertiary/aromatic N) is 3. The summed E-state index contributed by atoms with van der Waals surface area (Å²) in [6.45, 7) is 0.278. The van der Waals surface area contributed by atoms with Crippen molar-refractivity contribution in [2.75, 3.05) is 20.2 Å². The maximum atomic E-state index is 13.0. The molecule has 0 saturated carbocycles. The molecular weight excluding hydrogens is 447 g/mol. The second-order valence-corrected chi connectivity index (χ2v) is 9.33. The average Bonchev–Trinajstić information content (AvgIpc) is 3.29. The zero-order valence-corrected chi connectivity index (χ0v) is 17.9. The van der Waals surface area contributed by atoms with Gasteiger partial charge in [-0.05, 0) is 43.2 Å². The smallest absolute Gasteiger partial charge is 0.416 e. The number of sulfonamides is 1. The lowest BCUT2D eigenvalue weighted by atomic mass is 9.98. The summed E-state index contributed by atoms with van der Waals surface area (Å²) in [6, 6.07) is 11.0. The van der Waals surface area contributed by atoms with E-state index in [1.165, 1.54) is 10.4 Å². The van der Waals surface area contributed by atoms with Gasteiger partial charge in [0.05, 0.1) is 17.6 Å². The van der Waals surface area contributed by atoms with E-state index in [1.54, 1.807) is 25.3 Å². The van der Waals surface area contributed by atoms with Crippen molar-refractivity contribution in [1.29, 1.82) is 0 Å². The van der Waals surface area contributed by atoms with Gasteiger partial charge >= 0.3 is 6.18 Å². The molecule has 1 saturated heterocycles. The average molecular weight is 467 g/mol. The van der Waals surface area contributed by atoms with Crippen LogP contribution in [0.2, 0.25) is 0 Å². The Morgan fingerprint density at radius 3 is 2.50 bits per heavy atom. The number of ether oxygens (including phenoxy) is 1. The number of alkyl halides is 3. The van der Waals surface area contributed by atoms with Gasteiger partial charge in [-0.15, -0.1) is 0 Å². The Kier molecular flexibility index (Phi) is 5.95. The summed E-state index contributed by atoms with van der Waals surface area (Å²) in [5.74, 6) is 1.31. The molecule has 2 heterocycles. The Morgan fingerprint density at radius 1 is 1.09 bits per heavy atom. The highest BCUT2D eigenvalue weighted by Crippen LogP contribution is 2.34. The Hall–Kier alpha value is -2.92. The largest absolute Gasteiger partial charge is 0.497 e. The third kappa shape index (κ3) is 4.49. The molecule has 3 aromatic rings. The van der Waals surface area contributed by atoms with Gasteiger partial charge < -0.3 is 9.26 Å². The van der Waals surface area contributed by atoms with Gasteiger partial charge in [0.2, 0.25) is 21.7 Å². The number of aromatic nitrogens is 2. The lowest BCUT2D eigenvalue weighted by Gasteiger charge is -2.29. The number of piperidine rings is 1. The normalized spacial score (nSPS) is 16.2. The number of rotatable bonds is 5. The molecule has 11 heteroatoms. The second-order valence-electron chi connectivity index (χ2n) is 7.39. The Bertz CT molecular complexity index is 1200. The van der Waals surface area contributed by atoms with Crippen LogP contribution in [0, 0.1) is 0 Å². The van der Waals surface area contributed by atoms with Crippen LogP contribution < -0.4 is 4.74 Å². The molecule has 1 aliphatic heterocycles. The molecule has 32 heavy (non-hydrogen) atoms. The van der Waals surface area contributed by atoms with Gasteiger partial charge in [0.25, 0.3) is 0 Å². The van der Waals surface area contributed by atoms with Crippen molar-refractivity contribution >= 4 is 10.0 Å². The monoisotopic (exact) mass is 467 g/mol. The van der Waals surface area contributed by atoms with Gasteiger partial charge in [0.15, 0.2) is 0 Å². The molecule has 0 bridgehead atoms. The molecule has 2 aromatic carbocycles. The topological polar surface area (TPSA) is 85.5 Å². The highest BCUT2D eigenvalue weighted by molar-refractivity contribution is 7.89. The van der Waals surface area contributed by atoms with Crippen molar-refractivity contribution in [3.63, 3.8) is 0 Å². The minimum atomic E-state index is -4.61. The first-order chi connectivity index (χ1) is 15.2. The molecular formula is C21H20F3N3O4S. The molecule has 1 fully saturated rings. The fraction of sp³-hybridized carbons (Fsp3) is 0.333. The van der Waals surface area contributed by atoms with Crippen LogP contribution in [0.25, 0.3) is 11.4 Å². The summed E-state index contributed by atoms with van der Waals surface area (Å²) in [5, 5.41) is 4.01. The van der Waals surface area contributed by atoms with Crippen molar-refractivity contribution in [1.82, 2.24) is 14.4 Å². The van der Waals surface area contributed by atoms with Crippen LogP contribution in [0.5, 0.6) is 5.75 Å². The lowest BCUT2D eigenvalue weighted by Crippen LogP contribution is -2.38. The van der Waals surface area contributed by atoms with E-state index >= 15 is 0 Å². The molecule has 0 atom stereocenters. The van der Waals surface area contributed by atoms with Crippen LogP contribution in [0.15, 0.2) is 57.9 Å². The maximum Gasteiger partial charge on any atom is 0.416 e. The van der Waals surface area contributed by atoms with Crippen molar-refractivity contribution in [3.05, 3.63) is 60.0 Å². The fourth-order valence-corrected chi connectivity index (χ4v) is 5.12. The molecule has 0 amide bonds. The molecule has 1 aliphatic rings. The molecule has 1 aromatic heterocycles. The van der Waals surface area contributed by atoms with Gasteiger partial charge in [-0.25, -0.2) is 8.42 Å². The highest BCUT2D eigenvalue weighted by atomic mass is 32.2. The summed E-state index contributed by atoms with van der Waals surface area (Å²) in [5.41, 5.74) is -0.270. The Morgan fingerprint density at radius 2 is 1.81 bits per heavy atom. The van der Waals surface area contributed by atoms with E-state index in [0.29, 0.717) is 36.4 Å². The summed E-state index contributed by atoms with van der Waals surface area (Å²) < 4.78 is 76.4. The predicted molar refractivity (Wildman–Crippen MR) is 108 cm³/mol. The maximum absolute atomic E-state index is 13.0. The minimum Gasteiger partial charge on any atom is -0.497 e. The number of methoxy groups -OCH3 is 1. The zero-order chi connectivity index (χ0) is 22.9. The molecule has 7 nitrogen and oxygen atoms in total. The van der Waals surface area contributed by atoms with Gasteiger partial charge in [0.1, 0.15) is 5.75 Å². The van der Waals surface area contributed by atoms with Crippen LogP contribution in [-0.4, -0.2) is 43.1 Å². The summed E-state index contributed by atoms with van der Waals surface area (Å²) >= 11 is 0. The van der Waals surface area contributed by atoms with Gasteiger partial charge in [-0.3, -0.25) is 0 Å². The Balaban J connectivity index is 1.46. The first kappa shape index (κ1) is 22.3. The Labute approximate surface area is 182 Å². The van der Waals surface area contributed by atoms with Crippen molar-refractivity contribution < 1.29 is 30.8 Å². The molecule has 0 N–H and O–H groups in total. The van der Waals surface area contributed by atoms with E-state index in [0.717, 1.165) is 17.7 Å². The molecule has 0 unspecified atom stereocenters. The SMILES string of the molecule is COc1cccc(-c2noc(C3CCN(S(=O)(=O)c4cccc(C(F)(F)F)c4)CC3)n2)c1. The first-order valence-corrected chi connectivity index (χ1v) is 11.3. The number of hydrogen-bond donors (Lipinski definition) is 0. The predicted octanol–water partition coefficient (Wildman–Crippen LogP) is 4.33. The van der Waals surface area contributed by atoms with Crippen molar-refractivity contribution in [2.45, 2.75) is 29.8 Å². The number of benzene rings is 2. The van der Waals surface area contributed by atoms with E-state index < -0.39 is 21.8 Å². The van der Waals surface area contributed by atoms with E-state index in [2.05, 4.69) is 10.1 Å². The van der Waals surface area contributed by atoms with Gasteiger partial charge in [0, 0.05) is 24.6 Å². The third-order valence-corrected chi connectivity index (χ3v) is 7.27. The number of hydrogen-bond acceptors (Lipinski definition) is 6. The molecule has 0 aliphatic carbocycles. The second kappa shape index (κ2) is 8.55. The summed E-state index contributed by atoms with van der Waals surface area (Å²) in [6.07, 6.45) is -3.78. The lowest BCUT2D eigenvalue weighted by molar-refractivity contribution is -0.137. The molecule has 4 rings (SSSR count). The molecule has 0 radical (unpaired) electrons. The molecule has 0 spiro atoms. The summed E-state index contributed by atoms with van der Waals surface area (Å²) in [4.78, 5) is 4.07. The van der Waals surface area contributed by atoms with E-state index in [-0.39, 0.29) is 23.9 Å². The zero-order valence-electron chi connectivity index (χ0n) is 17.0. The quantitative estimate of drug-likeness (QED) is 0.555. The third-order valence-electron chi connectivity index (χ3n) is 5.37. The van der Waals surface area contributed by atoms with Crippen LogP contribution in [-0.2, 0) is 16.2 Å². The summed E-state index contributed by atoms with van der Waals surface area (Å²) in [7, 11) is -2.49. The van der Waals surface area contributed by atoms with Crippen molar-refractivity contribution in [3.8, 4) is 17.1 Å². The van der Waals surface area contributed by atoms with E-state index in [4.69, 9.17) is 9.26 Å². The van der Waals surface area contributed by atoms with E-state index in [1.807, 2.05) is 6.07 Å². The standard InChI is InChI=1S/C21H20F3N3O4S/c1-30-17-6-2-4-15(12-17)19-25-20(31-26-19)14-8-10-27(11-9-14)32(28,29)18-7-3-5-16(13-18)21(22,23)24/h2-7,12-14H,8-11H2,1H3. The van der Waals surface area contributed by atoms with Gasteiger partial charge in [-0.1, -0.05) is 23.4 Å². The van der Waals surface area contributed by atoms with Gasteiger partial charge in [-0.2, -0.15) is 22.5 Å². The van der Waals surface area contributed by atoms with Crippen LogP contribution in [0.3, 0.4) is 0 Å². The first-order valence-electron chi connectivity index (χ1n) is 9.84. The van der Waals surface area contributed by atoms with Crippen LogP contribution >= 0.6 is 0 Å². The van der Waals surface area contributed by atoms with Crippen molar-refractivity contribution in [2.24, 2.45) is 0 Å². The number of halogens is 3. The fourth-order valence-electron chi connectivity index (χ4n) is 3.61. The van der Waals surface area contributed by atoms with Crippen LogP contribution in [0.1, 0.15) is 30.2 Å². The highest BCUT2D eigenvalue weighted by Gasteiger charge is 2.35. The molecule has 170 valence electrons. The van der Waals surface area contributed by atoms with Crippen LogP contribution in [0.4, 0.5) is 13.2 Å².